The van der Waals surface area contributed by atoms with Crippen LogP contribution in [0.15, 0.2) is 46.3 Å². The first-order chi connectivity index (χ1) is 14.9. The van der Waals surface area contributed by atoms with E-state index in [2.05, 4.69) is 25.5 Å². The van der Waals surface area contributed by atoms with Crippen molar-refractivity contribution in [3.05, 3.63) is 62.7 Å². The van der Waals surface area contributed by atoms with Crippen LogP contribution in [0.1, 0.15) is 23.1 Å². The normalized spacial score (nSPS) is 16.2. The maximum Gasteiger partial charge on any atom is 0.378 e. The lowest BCUT2D eigenvalue weighted by molar-refractivity contribution is -0.115. The minimum atomic E-state index is -0.648. The zero-order chi connectivity index (χ0) is 22.0. The first kappa shape index (κ1) is 21.2. The highest BCUT2D eigenvalue weighted by atomic mass is 35.5. The number of halogens is 2. The number of esters is 1. The van der Waals surface area contributed by atoms with E-state index in [-0.39, 0.29) is 18.3 Å². The summed E-state index contributed by atoms with van der Waals surface area (Å²) in [6, 6.07) is 10.2. The van der Waals surface area contributed by atoms with Gasteiger partial charge in [-0.15, -0.1) is 10.2 Å². The number of hydrogen-bond donors (Lipinski definition) is 1. The molecule has 1 aliphatic heterocycles. The summed E-state index contributed by atoms with van der Waals surface area (Å²) in [6.07, 6.45) is 1.68. The molecule has 2 aromatic carbocycles. The number of fused-ring (bicyclic) bond motifs is 1. The number of carbonyl (C=O) groups is 2. The number of nitrogens with zero attached hydrogens (tertiary/aromatic N) is 4. The second-order valence-electron chi connectivity index (χ2n) is 6.16. The molecule has 156 valence electrons. The summed E-state index contributed by atoms with van der Waals surface area (Å²) in [7, 11) is 0. The van der Waals surface area contributed by atoms with E-state index in [1.165, 1.54) is 0 Å². The van der Waals surface area contributed by atoms with Gasteiger partial charge in [-0.05, 0) is 54.6 Å². The molecule has 1 N–H and O–H groups in total. The molecule has 4 rings (SSSR count). The molecule has 0 unspecified atom stereocenters. The second kappa shape index (κ2) is 9.01. The monoisotopic (exact) mass is 473 g/mol. The lowest BCUT2D eigenvalue weighted by Crippen LogP contribution is -2.19. The predicted octanol–water partition coefficient (Wildman–Crippen LogP) is 4.40. The van der Waals surface area contributed by atoms with Crippen molar-refractivity contribution in [3.8, 4) is 0 Å². The number of aromatic nitrogens is 3. The largest absolute Gasteiger partial charge is 0.460 e. The molecule has 1 aliphatic rings. The highest BCUT2D eigenvalue weighted by Gasteiger charge is 2.24. The van der Waals surface area contributed by atoms with Crippen LogP contribution in [0, 0.1) is 0 Å². The number of para-hydroxylation sites is 1. The fourth-order valence-corrected chi connectivity index (χ4v) is 3.96. The van der Waals surface area contributed by atoms with Crippen LogP contribution in [0.3, 0.4) is 0 Å². The van der Waals surface area contributed by atoms with Crippen molar-refractivity contribution < 1.29 is 14.3 Å². The van der Waals surface area contributed by atoms with Crippen LogP contribution in [0.5, 0.6) is 0 Å². The third-order valence-electron chi connectivity index (χ3n) is 4.04. The molecule has 1 amide bonds. The van der Waals surface area contributed by atoms with Crippen LogP contribution in [0.4, 0.5) is 5.69 Å². The fraction of sp³-hybridized carbons (Fsp3) is 0.100. The predicted molar refractivity (Wildman–Crippen MR) is 121 cm³/mol. The molecule has 2 heterocycles. The topological polar surface area (TPSA) is 106 Å². The quantitative estimate of drug-likeness (QED) is 0.441. The molecule has 11 heteroatoms. The van der Waals surface area contributed by atoms with Crippen LogP contribution >= 0.6 is 35.0 Å². The standard InChI is InChI=1S/C20H13Cl2N5O3S/c1-2-30-19(29)17-23-14-8-10(6-7-13(14)26-27-17)9-15-18(28)25-20(31-15)24-16-11(21)4-3-5-12(16)22/h3-9H,2H2,1H3,(H,24,25,28). The average Bonchev–Trinajstić information content (AvgIpc) is 3.09. The van der Waals surface area contributed by atoms with Gasteiger partial charge in [0.2, 0.25) is 0 Å². The molecular formula is C20H13Cl2N5O3S. The van der Waals surface area contributed by atoms with Crippen LogP contribution in [-0.4, -0.2) is 38.8 Å². The Morgan fingerprint density at radius 1 is 1.19 bits per heavy atom. The molecule has 0 atom stereocenters. The second-order valence-corrected chi connectivity index (χ2v) is 8.00. The number of amidine groups is 1. The Morgan fingerprint density at radius 3 is 2.71 bits per heavy atom. The summed E-state index contributed by atoms with van der Waals surface area (Å²) in [6.45, 7) is 1.90. The van der Waals surface area contributed by atoms with Gasteiger partial charge in [-0.2, -0.15) is 0 Å². The molecule has 0 spiro atoms. The summed E-state index contributed by atoms with van der Waals surface area (Å²) in [5, 5.41) is 11.6. The maximum absolute atomic E-state index is 12.4. The van der Waals surface area contributed by atoms with E-state index >= 15 is 0 Å². The van der Waals surface area contributed by atoms with E-state index in [0.717, 1.165) is 11.8 Å². The summed E-state index contributed by atoms with van der Waals surface area (Å²) in [5.41, 5.74) is 2.04. The van der Waals surface area contributed by atoms with Gasteiger partial charge in [0.1, 0.15) is 11.2 Å². The van der Waals surface area contributed by atoms with Crippen molar-refractivity contribution >= 4 is 74.8 Å². The molecule has 1 aromatic heterocycles. The number of thioether (sulfide) groups is 1. The number of amides is 1. The van der Waals surface area contributed by atoms with Gasteiger partial charge in [-0.1, -0.05) is 35.3 Å². The van der Waals surface area contributed by atoms with E-state index in [4.69, 9.17) is 27.9 Å². The van der Waals surface area contributed by atoms with Gasteiger partial charge < -0.3 is 10.1 Å². The number of nitrogens with one attached hydrogen (secondary N) is 1. The first-order valence-corrected chi connectivity index (χ1v) is 10.6. The summed E-state index contributed by atoms with van der Waals surface area (Å²) in [4.78, 5) is 33.2. The number of hydrogen-bond acceptors (Lipinski definition) is 8. The van der Waals surface area contributed by atoms with Crippen LogP contribution < -0.4 is 5.32 Å². The minimum absolute atomic E-state index is 0.127. The van der Waals surface area contributed by atoms with Crippen molar-refractivity contribution in [2.45, 2.75) is 6.92 Å². The van der Waals surface area contributed by atoms with Crippen molar-refractivity contribution in [1.29, 1.82) is 0 Å². The third kappa shape index (κ3) is 4.68. The van der Waals surface area contributed by atoms with Gasteiger partial charge in [-0.25, -0.2) is 14.8 Å². The van der Waals surface area contributed by atoms with Gasteiger partial charge in [0.05, 0.1) is 27.1 Å². The minimum Gasteiger partial charge on any atom is -0.460 e. The maximum atomic E-state index is 12.4. The molecule has 1 fully saturated rings. The Balaban J connectivity index is 1.62. The number of aliphatic imine (C=N–C) groups is 1. The fourth-order valence-electron chi connectivity index (χ4n) is 2.65. The average molecular weight is 474 g/mol. The number of carbonyl (C=O) groups excluding carboxylic acids is 2. The molecule has 1 saturated heterocycles. The van der Waals surface area contributed by atoms with E-state index in [0.29, 0.717) is 42.4 Å². The third-order valence-corrected chi connectivity index (χ3v) is 5.56. The highest BCUT2D eigenvalue weighted by Crippen LogP contribution is 2.35. The van der Waals surface area contributed by atoms with E-state index in [1.807, 2.05) is 0 Å². The van der Waals surface area contributed by atoms with Crippen molar-refractivity contribution in [1.82, 2.24) is 20.5 Å². The summed E-state index contributed by atoms with van der Waals surface area (Å²) >= 11 is 13.4. The number of ether oxygens (including phenoxy) is 1. The molecule has 0 aliphatic carbocycles. The summed E-state index contributed by atoms with van der Waals surface area (Å²) < 4.78 is 4.90. The number of rotatable bonds is 4. The van der Waals surface area contributed by atoms with Gasteiger partial charge in [0.25, 0.3) is 11.7 Å². The molecule has 3 aromatic rings. The Hall–Kier alpha value is -3.01. The smallest absolute Gasteiger partial charge is 0.378 e. The zero-order valence-electron chi connectivity index (χ0n) is 15.9. The molecule has 0 bridgehead atoms. The molecule has 0 radical (unpaired) electrons. The Labute approximate surface area is 190 Å². The van der Waals surface area contributed by atoms with Gasteiger partial charge >= 0.3 is 5.97 Å². The van der Waals surface area contributed by atoms with Crippen molar-refractivity contribution in [3.63, 3.8) is 0 Å². The summed E-state index contributed by atoms with van der Waals surface area (Å²) in [5.74, 6) is -1.08. The SMILES string of the molecule is CCOC(=O)c1nnc2ccc(C=C3SC(=Nc4c(Cl)cccc4Cl)NC3=O)cc2n1. The zero-order valence-corrected chi connectivity index (χ0v) is 18.3. The van der Waals surface area contributed by atoms with Gasteiger partial charge in [0, 0.05) is 0 Å². The first-order valence-electron chi connectivity index (χ1n) is 9.00. The van der Waals surface area contributed by atoms with Crippen LogP contribution in [0.2, 0.25) is 10.0 Å². The molecule has 0 saturated carbocycles. The Morgan fingerprint density at radius 2 is 1.97 bits per heavy atom. The highest BCUT2D eigenvalue weighted by molar-refractivity contribution is 8.18. The Kier molecular flexibility index (Phi) is 6.17. The van der Waals surface area contributed by atoms with Crippen LogP contribution in [0.25, 0.3) is 17.1 Å². The lowest BCUT2D eigenvalue weighted by Gasteiger charge is -2.02. The van der Waals surface area contributed by atoms with E-state index in [9.17, 15) is 9.59 Å². The van der Waals surface area contributed by atoms with Crippen molar-refractivity contribution in [2.75, 3.05) is 6.61 Å². The molecular weight excluding hydrogens is 461 g/mol. The van der Waals surface area contributed by atoms with E-state index in [1.54, 1.807) is 49.4 Å². The van der Waals surface area contributed by atoms with E-state index < -0.39 is 5.97 Å². The van der Waals surface area contributed by atoms with Gasteiger partial charge in [-0.3, -0.25) is 4.79 Å². The molecule has 31 heavy (non-hydrogen) atoms. The van der Waals surface area contributed by atoms with Gasteiger partial charge in [0.15, 0.2) is 5.17 Å². The van der Waals surface area contributed by atoms with Crippen LogP contribution in [-0.2, 0) is 9.53 Å². The van der Waals surface area contributed by atoms with Crippen molar-refractivity contribution in [2.24, 2.45) is 4.99 Å². The molecule has 8 nitrogen and oxygen atoms in total. The Bertz CT molecular complexity index is 1260. The number of benzene rings is 2. The lowest BCUT2D eigenvalue weighted by atomic mass is 10.2.